The third-order valence-corrected chi connectivity index (χ3v) is 4.11. The van der Waals surface area contributed by atoms with Crippen molar-refractivity contribution in [1.29, 1.82) is 0 Å². The number of hydrogen-bond donors (Lipinski definition) is 6. The number of rotatable bonds is 11. The van der Waals surface area contributed by atoms with Crippen LogP contribution in [0.15, 0.2) is 41.9 Å². The Balaban J connectivity index is 2.49. The summed E-state index contributed by atoms with van der Waals surface area (Å²) in [5, 5.41) is 57.4. The van der Waals surface area contributed by atoms with E-state index in [4.69, 9.17) is 19.3 Å². The Morgan fingerprint density at radius 2 is 1.61 bits per heavy atom. The number of carbonyl (C=O) groups excluding carboxylic acids is 1. The molecule has 1 aliphatic heterocycles. The molecule has 28 heavy (non-hydrogen) atoms. The van der Waals surface area contributed by atoms with Gasteiger partial charge < -0.3 is 44.8 Å². The average molecular weight is 400 g/mol. The zero-order valence-electron chi connectivity index (χ0n) is 15.0. The molecule has 2 rings (SSSR count). The fourth-order valence-corrected chi connectivity index (χ4v) is 2.71. The van der Waals surface area contributed by atoms with Gasteiger partial charge in [-0.15, -0.1) is 0 Å². The normalized spacial score (nSPS) is 22.6. The van der Waals surface area contributed by atoms with Crippen LogP contribution in [0.4, 0.5) is 0 Å². The SMILES string of the molecule is O=C1O[C@](CC(O)CO)([C@@H](O)CO)C(OCC(O)CO)=C1Oc1ccccc1. The number of carbonyl (C=O) groups is 1. The van der Waals surface area contributed by atoms with E-state index in [1.54, 1.807) is 30.3 Å². The molecule has 0 saturated carbocycles. The van der Waals surface area contributed by atoms with Gasteiger partial charge in [-0.05, 0) is 12.1 Å². The van der Waals surface area contributed by atoms with Crippen LogP contribution in [0.5, 0.6) is 5.75 Å². The minimum Gasteiger partial charge on any atom is -0.487 e. The van der Waals surface area contributed by atoms with Crippen LogP contribution in [0.1, 0.15) is 6.42 Å². The van der Waals surface area contributed by atoms with Crippen molar-refractivity contribution in [3.05, 3.63) is 41.9 Å². The molecule has 1 aromatic carbocycles. The molecule has 6 N–H and O–H groups in total. The van der Waals surface area contributed by atoms with E-state index in [0.29, 0.717) is 0 Å². The molecule has 0 aromatic heterocycles. The molecule has 0 saturated heterocycles. The van der Waals surface area contributed by atoms with Crippen molar-refractivity contribution in [1.82, 2.24) is 0 Å². The molecule has 1 heterocycles. The van der Waals surface area contributed by atoms with E-state index in [2.05, 4.69) is 0 Å². The molecule has 1 aliphatic rings. The summed E-state index contributed by atoms with van der Waals surface area (Å²) in [4.78, 5) is 12.5. The van der Waals surface area contributed by atoms with Crippen molar-refractivity contribution in [2.45, 2.75) is 30.3 Å². The molecular formula is C18H24O10. The molecule has 156 valence electrons. The maximum atomic E-state index is 12.5. The molecule has 4 atom stereocenters. The lowest BCUT2D eigenvalue weighted by Gasteiger charge is -2.34. The van der Waals surface area contributed by atoms with Gasteiger partial charge in [0.15, 0.2) is 5.76 Å². The first-order valence-electron chi connectivity index (χ1n) is 8.58. The number of aliphatic hydroxyl groups excluding tert-OH is 6. The summed E-state index contributed by atoms with van der Waals surface area (Å²) >= 11 is 0. The largest absolute Gasteiger partial charge is 0.487 e. The Morgan fingerprint density at radius 3 is 2.18 bits per heavy atom. The van der Waals surface area contributed by atoms with E-state index in [1.165, 1.54) is 0 Å². The van der Waals surface area contributed by atoms with Crippen LogP contribution in [-0.2, 0) is 14.3 Å². The third-order valence-electron chi connectivity index (χ3n) is 4.11. The van der Waals surface area contributed by atoms with E-state index < -0.39 is 68.5 Å². The lowest BCUT2D eigenvalue weighted by molar-refractivity contribution is -0.171. The van der Waals surface area contributed by atoms with Crippen molar-refractivity contribution in [2.75, 3.05) is 26.4 Å². The molecule has 0 fully saturated rings. The zero-order valence-corrected chi connectivity index (χ0v) is 15.0. The summed E-state index contributed by atoms with van der Waals surface area (Å²) in [5.41, 5.74) is -2.06. The van der Waals surface area contributed by atoms with Crippen molar-refractivity contribution in [2.24, 2.45) is 0 Å². The van der Waals surface area contributed by atoms with Gasteiger partial charge >= 0.3 is 5.97 Å². The predicted molar refractivity (Wildman–Crippen MR) is 92.8 cm³/mol. The van der Waals surface area contributed by atoms with Gasteiger partial charge in [-0.2, -0.15) is 0 Å². The van der Waals surface area contributed by atoms with Gasteiger partial charge in [0.25, 0.3) is 5.76 Å². The first-order chi connectivity index (χ1) is 13.4. The van der Waals surface area contributed by atoms with Gasteiger partial charge in [0.1, 0.15) is 24.6 Å². The maximum absolute atomic E-state index is 12.5. The number of para-hydroxylation sites is 1. The fourth-order valence-electron chi connectivity index (χ4n) is 2.71. The van der Waals surface area contributed by atoms with Gasteiger partial charge in [-0.1, -0.05) is 18.2 Å². The summed E-state index contributed by atoms with van der Waals surface area (Å²) < 4.78 is 16.2. The number of benzene rings is 1. The number of hydrogen-bond acceptors (Lipinski definition) is 10. The molecular weight excluding hydrogens is 376 g/mol. The van der Waals surface area contributed by atoms with Gasteiger partial charge in [-0.25, -0.2) is 4.79 Å². The van der Waals surface area contributed by atoms with Gasteiger partial charge in [0.2, 0.25) is 5.60 Å². The Hall–Kier alpha value is -2.21. The van der Waals surface area contributed by atoms with E-state index in [9.17, 15) is 30.3 Å². The number of ether oxygens (including phenoxy) is 3. The summed E-state index contributed by atoms with van der Waals surface area (Å²) in [6, 6.07) is 8.12. The summed E-state index contributed by atoms with van der Waals surface area (Å²) in [6.45, 7) is -2.69. The maximum Gasteiger partial charge on any atom is 0.379 e. The van der Waals surface area contributed by atoms with Crippen LogP contribution in [-0.4, -0.2) is 86.9 Å². The Bertz CT molecular complexity index is 676. The van der Waals surface area contributed by atoms with Crippen molar-refractivity contribution in [3.63, 3.8) is 0 Å². The molecule has 0 bridgehead atoms. The second-order valence-corrected chi connectivity index (χ2v) is 6.24. The van der Waals surface area contributed by atoms with E-state index in [0.717, 1.165) is 0 Å². The van der Waals surface area contributed by atoms with Gasteiger partial charge in [-0.3, -0.25) is 0 Å². The minimum atomic E-state index is -2.06. The molecule has 0 radical (unpaired) electrons. The van der Waals surface area contributed by atoms with Crippen LogP contribution < -0.4 is 4.74 Å². The topological polar surface area (TPSA) is 166 Å². The smallest absolute Gasteiger partial charge is 0.379 e. The summed E-state index contributed by atoms with van der Waals surface area (Å²) in [5.74, 6) is -1.61. The van der Waals surface area contributed by atoms with Crippen LogP contribution in [0.2, 0.25) is 0 Å². The van der Waals surface area contributed by atoms with Gasteiger partial charge in [0, 0.05) is 6.42 Å². The first-order valence-corrected chi connectivity index (χ1v) is 8.58. The van der Waals surface area contributed by atoms with E-state index in [1.807, 2.05) is 0 Å². The molecule has 0 amide bonds. The van der Waals surface area contributed by atoms with E-state index >= 15 is 0 Å². The highest BCUT2D eigenvalue weighted by molar-refractivity contribution is 5.91. The minimum absolute atomic E-state index is 0.246. The number of esters is 1. The fraction of sp³-hybridized carbons (Fsp3) is 0.500. The van der Waals surface area contributed by atoms with Crippen molar-refractivity contribution >= 4 is 5.97 Å². The van der Waals surface area contributed by atoms with Crippen LogP contribution in [0.3, 0.4) is 0 Å². The molecule has 10 heteroatoms. The molecule has 0 spiro atoms. The molecule has 1 aromatic rings. The molecule has 10 nitrogen and oxygen atoms in total. The second kappa shape index (κ2) is 9.82. The Morgan fingerprint density at radius 1 is 0.964 bits per heavy atom. The van der Waals surface area contributed by atoms with Crippen molar-refractivity contribution < 1.29 is 49.6 Å². The summed E-state index contributed by atoms with van der Waals surface area (Å²) in [7, 11) is 0. The highest BCUT2D eigenvalue weighted by Crippen LogP contribution is 2.41. The molecule has 2 unspecified atom stereocenters. The quantitative estimate of drug-likeness (QED) is 0.230. The Labute approximate surface area is 160 Å². The van der Waals surface area contributed by atoms with Crippen molar-refractivity contribution in [3.8, 4) is 5.75 Å². The highest BCUT2D eigenvalue weighted by Gasteiger charge is 2.56. The monoisotopic (exact) mass is 400 g/mol. The number of cyclic esters (lactones) is 1. The lowest BCUT2D eigenvalue weighted by atomic mass is 9.88. The van der Waals surface area contributed by atoms with Crippen LogP contribution in [0.25, 0.3) is 0 Å². The van der Waals surface area contributed by atoms with Crippen LogP contribution in [0, 0.1) is 0 Å². The van der Waals surface area contributed by atoms with Gasteiger partial charge in [0.05, 0.1) is 25.9 Å². The zero-order chi connectivity index (χ0) is 20.7. The molecule has 0 aliphatic carbocycles. The van der Waals surface area contributed by atoms with E-state index in [-0.39, 0.29) is 11.5 Å². The highest BCUT2D eigenvalue weighted by atomic mass is 16.6. The summed E-state index contributed by atoms with van der Waals surface area (Å²) in [6.07, 6.45) is -4.97. The Kier molecular flexibility index (Phi) is 7.75. The lowest BCUT2D eigenvalue weighted by Crippen LogP contribution is -2.50. The number of aliphatic hydroxyl groups is 6. The third kappa shape index (κ3) is 4.79. The average Bonchev–Trinajstić information content (AvgIpc) is 2.97. The standard InChI is InChI=1S/C18H24O10/c19-7-11(22)6-18(14(24)9-21)16(26-10-12(23)8-20)15(17(25)28-18)27-13-4-2-1-3-5-13/h1-5,11-12,14,19-24H,6-10H2/t11?,12?,14-,18+/m0/s1. The first kappa shape index (κ1) is 22.1. The predicted octanol–water partition coefficient (Wildman–Crippen LogP) is -1.96. The van der Waals surface area contributed by atoms with Crippen LogP contribution >= 0.6 is 0 Å². The second-order valence-electron chi connectivity index (χ2n) is 6.24.